The number of hydrogen-bond donors (Lipinski definition) is 1. The van der Waals surface area contributed by atoms with Crippen molar-refractivity contribution in [2.45, 2.75) is 6.92 Å². The molecule has 1 rings (SSSR count). The summed E-state index contributed by atoms with van der Waals surface area (Å²) in [5.41, 5.74) is 0.346. The monoisotopic (exact) mass is 222 g/mol. The van der Waals surface area contributed by atoms with Crippen molar-refractivity contribution in [2.75, 3.05) is 13.7 Å². The van der Waals surface area contributed by atoms with Crippen molar-refractivity contribution in [1.82, 2.24) is 0 Å². The molecule has 86 valence electrons. The van der Waals surface area contributed by atoms with Gasteiger partial charge in [-0.25, -0.2) is 4.79 Å². The van der Waals surface area contributed by atoms with Crippen molar-refractivity contribution in [3.05, 3.63) is 35.9 Å². The van der Waals surface area contributed by atoms with Gasteiger partial charge in [0.25, 0.3) is 0 Å². The Labute approximate surface area is 94.1 Å². The first-order valence-electron chi connectivity index (χ1n) is 4.84. The molecule has 4 heteroatoms. The molecule has 0 atom stereocenters. The van der Waals surface area contributed by atoms with E-state index in [0.29, 0.717) is 5.56 Å². The number of phenolic OH excluding ortho intramolecular Hbond substituents is 1. The van der Waals surface area contributed by atoms with Crippen LogP contribution in [0.1, 0.15) is 17.3 Å². The maximum absolute atomic E-state index is 11.5. The maximum Gasteiger partial charge on any atom is 0.338 e. The van der Waals surface area contributed by atoms with Gasteiger partial charge in [-0.2, -0.15) is 0 Å². The second-order valence-corrected chi connectivity index (χ2v) is 3.05. The Balaban J connectivity index is 2.76. The fourth-order valence-electron chi connectivity index (χ4n) is 1.11. The summed E-state index contributed by atoms with van der Waals surface area (Å²) in [4.78, 5) is 11.5. The van der Waals surface area contributed by atoms with Crippen LogP contribution < -0.4 is 4.74 Å². The minimum atomic E-state index is -0.448. The molecule has 1 aromatic rings. The van der Waals surface area contributed by atoms with Gasteiger partial charge in [0.2, 0.25) is 0 Å². The second kappa shape index (κ2) is 5.80. The van der Waals surface area contributed by atoms with Crippen molar-refractivity contribution in [3.8, 4) is 11.5 Å². The van der Waals surface area contributed by atoms with E-state index in [1.54, 1.807) is 12.2 Å². The molecule has 4 nitrogen and oxygen atoms in total. The zero-order valence-electron chi connectivity index (χ0n) is 9.27. The van der Waals surface area contributed by atoms with Crippen LogP contribution in [-0.4, -0.2) is 24.8 Å². The van der Waals surface area contributed by atoms with Crippen LogP contribution in [-0.2, 0) is 4.74 Å². The van der Waals surface area contributed by atoms with Gasteiger partial charge in [-0.1, -0.05) is 12.2 Å². The average Bonchev–Trinajstić information content (AvgIpc) is 2.30. The summed E-state index contributed by atoms with van der Waals surface area (Å²) in [6, 6.07) is 4.31. The fourth-order valence-corrected chi connectivity index (χ4v) is 1.11. The molecule has 0 saturated heterocycles. The minimum Gasteiger partial charge on any atom is -0.504 e. The van der Waals surface area contributed by atoms with Crippen LogP contribution in [0.25, 0.3) is 0 Å². The maximum atomic E-state index is 11.5. The molecule has 0 amide bonds. The molecule has 1 aromatic carbocycles. The number of hydrogen-bond acceptors (Lipinski definition) is 4. The molecule has 1 N–H and O–H groups in total. The van der Waals surface area contributed by atoms with Crippen LogP contribution in [0.4, 0.5) is 0 Å². The number of aromatic hydroxyl groups is 1. The Bertz CT molecular complexity index is 396. The van der Waals surface area contributed by atoms with Gasteiger partial charge in [-0.05, 0) is 25.1 Å². The van der Waals surface area contributed by atoms with E-state index in [9.17, 15) is 9.90 Å². The first-order chi connectivity index (χ1) is 7.69. The van der Waals surface area contributed by atoms with E-state index in [1.165, 1.54) is 25.3 Å². The Kier molecular flexibility index (Phi) is 4.39. The third-order valence-electron chi connectivity index (χ3n) is 1.96. The van der Waals surface area contributed by atoms with Crippen molar-refractivity contribution in [3.63, 3.8) is 0 Å². The summed E-state index contributed by atoms with van der Waals surface area (Å²) >= 11 is 0. The summed E-state index contributed by atoms with van der Waals surface area (Å²) in [5, 5.41) is 9.34. The molecule has 0 aliphatic carbocycles. The van der Waals surface area contributed by atoms with Gasteiger partial charge in [0, 0.05) is 0 Å². The number of allylic oxidation sites excluding steroid dienone is 1. The topological polar surface area (TPSA) is 55.8 Å². The average molecular weight is 222 g/mol. The Morgan fingerprint density at radius 2 is 2.25 bits per heavy atom. The van der Waals surface area contributed by atoms with E-state index in [2.05, 4.69) is 0 Å². The van der Waals surface area contributed by atoms with Gasteiger partial charge < -0.3 is 14.6 Å². The Hall–Kier alpha value is -1.97. The SMILES string of the molecule is CC=CCOC(=O)c1ccc(O)c(OC)c1. The zero-order chi connectivity index (χ0) is 12.0. The lowest BCUT2D eigenvalue weighted by Gasteiger charge is -2.06. The lowest BCUT2D eigenvalue weighted by molar-refractivity contribution is 0.0549. The number of carbonyl (C=O) groups excluding carboxylic acids is 1. The van der Waals surface area contributed by atoms with E-state index in [1.807, 2.05) is 6.92 Å². The van der Waals surface area contributed by atoms with E-state index in [0.717, 1.165) is 0 Å². The Morgan fingerprint density at radius 1 is 1.50 bits per heavy atom. The van der Waals surface area contributed by atoms with Crippen LogP contribution in [0, 0.1) is 0 Å². The zero-order valence-corrected chi connectivity index (χ0v) is 9.27. The number of methoxy groups -OCH3 is 1. The predicted molar refractivity (Wildman–Crippen MR) is 59.8 cm³/mol. The number of rotatable bonds is 4. The lowest BCUT2D eigenvalue weighted by Crippen LogP contribution is -2.05. The smallest absolute Gasteiger partial charge is 0.338 e. The molecular weight excluding hydrogens is 208 g/mol. The van der Waals surface area contributed by atoms with Crippen LogP contribution in [0.5, 0.6) is 11.5 Å². The van der Waals surface area contributed by atoms with E-state index in [-0.39, 0.29) is 18.1 Å². The summed E-state index contributed by atoms with van der Waals surface area (Å²) in [6.07, 6.45) is 3.53. The highest BCUT2D eigenvalue weighted by Gasteiger charge is 2.10. The Morgan fingerprint density at radius 3 is 2.88 bits per heavy atom. The molecule has 0 bridgehead atoms. The molecule has 16 heavy (non-hydrogen) atoms. The van der Waals surface area contributed by atoms with Crippen LogP contribution in [0.2, 0.25) is 0 Å². The largest absolute Gasteiger partial charge is 0.504 e. The van der Waals surface area contributed by atoms with E-state index >= 15 is 0 Å². The van der Waals surface area contributed by atoms with Gasteiger partial charge in [0.05, 0.1) is 12.7 Å². The molecule has 0 fully saturated rings. The highest BCUT2D eigenvalue weighted by atomic mass is 16.5. The van der Waals surface area contributed by atoms with Crippen molar-refractivity contribution >= 4 is 5.97 Å². The van der Waals surface area contributed by atoms with Gasteiger partial charge in [-0.3, -0.25) is 0 Å². The minimum absolute atomic E-state index is 0.00694. The highest BCUT2D eigenvalue weighted by Crippen LogP contribution is 2.26. The van der Waals surface area contributed by atoms with Gasteiger partial charge in [0.1, 0.15) is 6.61 Å². The molecule has 0 heterocycles. The van der Waals surface area contributed by atoms with Crippen LogP contribution in [0.15, 0.2) is 30.4 Å². The van der Waals surface area contributed by atoms with E-state index < -0.39 is 5.97 Å². The fraction of sp³-hybridized carbons (Fsp3) is 0.250. The number of ether oxygens (including phenoxy) is 2. The van der Waals surface area contributed by atoms with Gasteiger partial charge in [-0.15, -0.1) is 0 Å². The first kappa shape index (κ1) is 12.1. The summed E-state index contributed by atoms with van der Waals surface area (Å²) < 4.78 is 9.83. The van der Waals surface area contributed by atoms with Gasteiger partial charge in [0.15, 0.2) is 11.5 Å². The molecule has 0 aromatic heterocycles. The summed E-state index contributed by atoms with van der Waals surface area (Å²) in [7, 11) is 1.42. The van der Waals surface area contributed by atoms with Crippen LogP contribution in [0.3, 0.4) is 0 Å². The third-order valence-corrected chi connectivity index (χ3v) is 1.96. The van der Waals surface area contributed by atoms with Crippen molar-refractivity contribution in [2.24, 2.45) is 0 Å². The number of benzene rings is 1. The lowest BCUT2D eigenvalue weighted by atomic mass is 10.2. The summed E-state index contributed by atoms with van der Waals surface area (Å²) in [6.45, 7) is 2.08. The number of carbonyl (C=O) groups is 1. The highest BCUT2D eigenvalue weighted by molar-refractivity contribution is 5.90. The van der Waals surface area contributed by atoms with Crippen molar-refractivity contribution < 1.29 is 19.4 Å². The van der Waals surface area contributed by atoms with Crippen LogP contribution >= 0.6 is 0 Å². The third kappa shape index (κ3) is 3.02. The molecule has 0 aliphatic rings. The molecule has 0 unspecified atom stereocenters. The van der Waals surface area contributed by atoms with E-state index in [4.69, 9.17) is 9.47 Å². The molecule has 0 radical (unpaired) electrons. The molecule has 0 spiro atoms. The normalized spacial score (nSPS) is 10.4. The summed E-state index contributed by atoms with van der Waals surface area (Å²) in [5.74, 6) is -0.204. The second-order valence-electron chi connectivity index (χ2n) is 3.05. The standard InChI is InChI=1S/C12H14O4/c1-3-4-7-16-12(14)9-5-6-10(13)11(8-9)15-2/h3-6,8,13H,7H2,1-2H3. The number of phenols is 1. The number of esters is 1. The quantitative estimate of drug-likeness (QED) is 0.626. The molecular formula is C12H14O4. The van der Waals surface area contributed by atoms with Gasteiger partial charge >= 0.3 is 5.97 Å². The first-order valence-corrected chi connectivity index (χ1v) is 4.84. The van der Waals surface area contributed by atoms with Crippen molar-refractivity contribution in [1.29, 1.82) is 0 Å². The molecule has 0 saturated carbocycles. The molecule has 0 aliphatic heterocycles. The predicted octanol–water partition coefficient (Wildman–Crippen LogP) is 2.13.